The van der Waals surface area contributed by atoms with Crippen molar-refractivity contribution in [2.24, 2.45) is 11.7 Å². The molecule has 1 atom stereocenters. The van der Waals surface area contributed by atoms with E-state index in [1.165, 1.54) is 21.4 Å². The van der Waals surface area contributed by atoms with E-state index in [0.29, 0.717) is 5.92 Å². The largest absolute Gasteiger partial charge is 0.356 e. The molecule has 6 heteroatoms. The van der Waals surface area contributed by atoms with E-state index in [2.05, 4.69) is 63.1 Å². The lowest BCUT2D eigenvalue weighted by Crippen LogP contribution is -2.35. The molecule has 4 nitrogen and oxygen atoms in total. The van der Waals surface area contributed by atoms with E-state index in [4.69, 9.17) is 10.7 Å². The van der Waals surface area contributed by atoms with E-state index < -0.39 is 0 Å². The van der Waals surface area contributed by atoms with Crippen LogP contribution < -0.4 is 10.6 Å². The highest BCUT2D eigenvalue weighted by molar-refractivity contribution is 7.17. The molecule has 5 rings (SSSR count). The number of hydrogen-bond donors (Lipinski definition) is 1. The molecule has 3 aromatic heterocycles. The molecule has 1 unspecified atom stereocenters. The molecule has 1 aromatic carbocycles. The maximum absolute atomic E-state index is 6.44. The van der Waals surface area contributed by atoms with Gasteiger partial charge in [0.15, 0.2) is 0 Å². The highest BCUT2D eigenvalue weighted by Crippen LogP contribution is 2.39. The van der Waals surface area contributed by atoms with Crippen LogP contribution in [0.1, 0.15) is 30.2 Å². The van der Waals surface area contributed by atoms with Crippen LogP contribution in [-0.2, 0) is 0 Å². The van der Waals surface area contributed by atoms with E-state index in [1.54, 1.807) is 29.0 Å². The second-order valence-corrected chi connectivity index (χ2v) is 9.52. The topological polar surface area (TPSA) is 55.0 Å². The highest BCUT2D eigenvalue weighted by Gasteiger charge is 2.25. The van der Waals surface area contributed by atoms with Gasteiger partial charge < -0.3 is 10.6 Å². The number of aromatic nitrogens is 2. The zero-order chi connectivity index (χ0) is 19.6. The minimum absolute atomic E-state index is 0.166. The third kappa shape index (κ3) is 3.80. The summed E-state index contributed by atoms with van der Waals surface area (Å²) in [5, 5.41) is 5.52. The maximum Gasteiger partial charge on any atom is 0.141 e. The number of hydrogen-bond acceptors (Lipinski definition) is 6. The Morgan fingerprint density at radius 1 is 1.03 bits per heavy atom. The molecule has 0 amide bonds. The summed E-state index contributed by atoms with van der Waals surface area (Å²) in [7, 11) is 0. The molecule has 0 aliphatic carbocycles. The number of piperidine rings is 1. The first-order chi connectivity index (χ1) is 14.3. The van der Waals surface area contributed by atoms with Gasteiger partial charge in [-0.15, -0.1) is 22.7 Å². The summed E-state index contributed by atoms with van der Waals surface area (Å²) in [6.45, 7) is 2.05. The van der Waals surface area contributed by atoms with Crippen LogP contribution in [0.4, 0.5) is 5.82 Å². The Kier molecular flexibility index (Phi) is 5.31. The summed E-state index contributed by atoms with van der Waals surface area (Å²) in [5.74, 6) is 1.76. The van der Waals surface area contributed by atoms with Gasteiger partial charge in [-0.05, 0) is 42.2 Å². The fourth-order valence-corrected chi connectivity index (χ4v) is 5.94. The Hall–Kier alpha value is -2.28. The lowest BCUT2D eigenvalue weighted by molar-refractivity contribution is 0.357. The molecule has 2 N–H and O–H groups in total. The Labute approximate surface area is 179 Å². The third-order valence-electron chi connectivity index (χ3n) is 5.84. The fourth-order valence-electron chi connectivity index (χ4n) is 4.29. The maximum atomic E-state index is 6.44. The molecule has 4 aromatic rings. The van der Waals surface area contributed by atoms with E-state index >= 15 is 0 Å². The molecule has 148 valence electrons. The van der Waals surface area contributed by atoms with Crippen molar-refractivity contribution in [1.82, 2.24) is 9.97 Å². The predicted octanol–water partition coefficient (Wildman–Crippen LogP) is 5.73. The fraction of sp³-hybridized carbons (Fsp3) is 0.304. The van der Waals surface area contributed by atoms with Gasteiger partial charge in [-0.3, -0.25) is 0 Å². The minimum atomic E-state index is 0.166. The number of rotatable bonds is 5. The van der Waals surface area contributed by atoms with Crippen molar-refractivity contribution in [2.75, 3.05) is 18.0 Å². The van der Waals surface area contributed by atoms with Crippen molar-refractivity contribution in [3.05, 3.63) is 64.4 Å². The van der Waals surface area contributed by atoms with Crippen LogP contribution in [0.3, 0.4) is 0 Å². The van der Waals surface area contributed by atoms with Crippen molar-refractivity contribution in [1.29, 1.82) is 0 Å². The number of benzene rings is 1. The van der Waals surface area contributed by atoms with Crippen LogP contribution in [0.2, 0.25) is 0 Å². The van der Waals surface area contributed by atoms with Crippen LogP contribution in [0, 0.1) is 5.92 Å². The molecule has 29 heavy (non-hydrogen) atoms. The van der Waals surface area contributed by atoms with Gasteiger partial charge in [0.05, 0.1) is 5.39 Å². The van der Waals surface area contributed by atoms with Crippen LogP contribution in [0.25, 0.3) is 21.3 Å². The Bertz CT molecular complexity index is 1070. The van der Waals surface area contributed by atoms with Gasteiger partial charge in [0, 0.05) is 35.0 Å². The first kappa shape index (κ1) is 18.7. The SMILES string of the molecule is NC(CC1CCN(c2ncnc3scc(-c4ccccc4)c23)CC1)c1cccs1. The number of anilines is 1. The molecule has 4 heterocycles. The third-order valence-corrected chi connectivity index (χ3v) is 7.74. The van der Waals surface area contributed by atoms with Crippen LogP contribution >= 0.6 is 22.7 Å². The molecule has 0 radical (unpaired) electrons. The van der Waals surface area contributed by atoms with Crippen molar-refractivity contribution in [3.8, 4) is 11.1 Å². The quantitative estimate of drug-likeness (QED) is 0.448. The van der Waals surface area contributed by atoms with Gasteiger partial charge in [-0.25, -0.2) is 9.97 Å². The van der Waals surface area contributed by atoms with Crippen LogP contribution in [-0.4, -0.2) is 23.1 Å². The molecule has 0 bridgehead atoms. The van der Waals surface area contributed by atoms with Crippen molar-refractivity contribution < 1.29 is 0 Å². The van der Waals surface area contributed by atoms with E-state index in [9.17, 15) is 0 Å². The zero-order valence-electron chi connectivity index (χ0n) is 16.2. The standard InChI is InChI=1S/C23H24N4S2/c24-19(20-7-4-12-28-20)13-16-8-10-27(11-9-16)22-21-18(17-5-2-1-3-6-17)14-29-23(21)26-15-25-22/h1-7,12,14-16,19H,8-11,13,24H2. The molecular formula is C23H24N4S2. The molecule has 0 saturated carbocycles. The van der Waals surface area contributed by atoms with Crippen molar-refractivity contribution in [3.63, 3.8) is 0 Å². The number of nitrogens with two attached hydrogens (primary N) is 1. The van der Waals surface area contributed by atoms with Crippen molar-refractivity contribution in [2.45, 2.75) is 25.3 Å². The molecular weight excluding hydrogens is 396 g/mol. The number of thiophene rings is 2. The van der Waals surface area contributed by atoms with Crippen molar-refractivity contribution >= 4 is 38.7 Å². The summed E-state index contributed by atoms with van der Waals surface area (Å²) < 4.78 is 0. The molecule has 1 saturated heterocycles. The van der Waals surface area contributed by atoms with Crippen LogP contribution in [0.5, 0.6) is 0 Å². The Morgan fingerprint density at radius 2 is 1.86 bits per heavy atom. The molecule has 0 spiro atoms. The average molecular weight is 421 g/mol. The van der Waals surface area contributed by atoms with Gasteiger partial charge in [-0.2, -0.15) is 0 Å². The highest BCUT2D eigenvalue weighted by atomic mass is 32.1. The van der Waals surface area contributed by atoms with Gasteiger partial charge in [0.2, 0.25) is 0 Å². The van der Waals surface area contributed by atoms with Gasteiger partial charge in [-0.1, -0.05) is 36.4 Å². The first-order valence-corrected chi connectivity index (χ1v) is 11.9. The number of fused-ring (bicyclic) bond motifs is 1. The molecule has 1 aliphatic rings. The summed E-state index contributed by atoms with van der Waals surface area (Å²) in [4.78, 5) is 14.1. The van der Waals surface area contributed by atoms with Gasteiger partial charge in [0.25, 0.3) is 0 Å². The first-order valence-electron chi connectivity index (χ1n) is 10.1. The lowest BCUT2D eigenvalue weighted by atomic mass is 9.90. The molecule has 1 aliphatic heterocycles. The molecule has 1 fully saturated rings. The second kappa shape index (κ2) is 8.22. The van der Waals surface area contributed by atoms with Gasteiger partial charge in [0.1, 0.15) is 17.0 Å². The summed E-state index contributed by atoms with van der Waals surface area (Å²) in [5.41, 5.74) is 8.91. The summed E-state index contributed by atoms with van der Waals surface area (Å²) in [6, 6.07) is 15.0. The smallest absolute Gasteiger partial charge is 0.141 e. The van der Waals surface area contributed by atoms with Gasteiger partial charge >= 0.3 is 0 Å². The van der Waals surface area contributed by atoms with E-state index in [1.807, 2.05) is 0 Å². The lowest BCUT2D eigenvalue weighted by Gasteiger charge is -2.34. The van der Waals surface area contributed by atoms with E-state index in [0.717, 1.165) is 43.0 Å². The second-order valence-electron chi connectivity index (χ2n) is 7.68. The average Bonchev–Trinajstić information content (AvgIpc) is 3.45. The Balaban J connectivity index is 1.35. The van der Waals surface area contributed by atoms with E-state index in [-0.39, 0.29) is 6.04 Å². The minimum Gasteiger partial charge on any atom is -0.356 e. The monoisotopic (exact) mass is 420 g/mol. The number of nitrogens with zero attached hydrogens (tertiary/aromatic N) is 3. The zero-order valence-corrected chi connectivity index (χ0v) is 17.8. The predicted molar refractivity (Wildman–Crippen MR) is 124 cm³/mol. The van der Waals surface area contributed by atoms with Crippen LogP contribution in [0.15, 0.2) is 59.6 Å². The summed E-state index contributed by atoms with van der Waals surface area (Å²) >= 11 is 3.47. The normalized spacial score (nSPS) is 16.4. The summed E-state index contributed by atoms with van der Waals surface area (Å²) in [6.07, 6.45) is 5.10. The Morgan fingerprint density at radius 3 is 2.62 bits per heavy atom.